The van der Waals surface area contributed by atoms with E-state index in [-0.39, 0.29) is 5.91 Å². The second-order valence-corrected chi connectivity index (χ2v) is 4.59. The summed E-state index contributed by atoms with van der Waals surface area (Å²) in [5.41, 5.74) is 1.93. The third-order valence-electron chi connectivity index (χ3n) is 3.06. The fraction of sp³-hybridized carbons (Fsp3) is 0.533. The molecule has 3 heteroatoms. The Kier molecular flexibility index (Phi) is 6.44. The van der Waals surface area contributed by atoms with E-state index in [1.54, 1.807) is 0 Å². The molecule has 0 spiro atoms. The van der Waals surface area contributed by atoms with Gasteiger partial charge in [0.05, 0.1) is 0 Å². The van der Waals surface area contributed by atoms with E-state index in [0.717, 1.165) is 31.4 Å². The Morgan fingerprint density at radius 2 is 1.89 bits per heavy atom. The minimum Gasteiger partial charge on any atom is -0.349 e. The normalized spacial score (nSPS) is 12.2. The van der Waals surface area contributed by atoms with Crippen LogP contribution < -0.4 is 10.6 Å². The van der Waals surface area contributed by atoms with Crippen LogP contribution in [-0.4, -0.2) is 19.0 Å². The van der Waals surface area contributed by atoms with Gasteiger partial charge in [-0.3, -0.25) is 4.79 Å². The minimum absolute atomic E-state index is 0.0336. The fourth-order valence-electron chi connectivity index (χ4n) is 1.97. The van der Waals surface area contributed by atoms with Gasteiger partial charge in [0.25, 0.3) is 5.91 Å². The Bertz CT molecular complexity index is 359. The Balaban J connectivity index is 2.60. The topological polar surface area (TPSA) is 41.1 Å². The lowest BCUT2D eigenvalue weighted by molar-refractivity contribution is 0.0933. The molecule has 0 heterocycles. The summed E-state index contributed by atoms with van der Waals surface area (Å²) >= 11 is 0. The van der Waals surface area contributed by atoms with Gasteiger partial charge in [-0.15, -0.1) is 0 Å². The second kappa shape index (κ2) is 7.88. The molecule has 18 heavy (non-hydrogen) atoms. The summed E-state index contributed by atoms with van der Waals surface area (Å²) < 4.78 is 0. The number of carbonyl (C=O) groups is 1. The quantitative estimate of drug-likeness (QED) is 0.779. The first-order valence-corrected chi connectivity index (χ1v) is 6.75. The zero-order chi connectivity index (χ0) is 13.4. The van der Waals surface area contributed by atoms with Gasteiger partial charge in [-0.2, -0.15) is 0 Å². The zero-order valence-electron chi connectivity index (χ0n) is 11.6. The summed E-state index contributed by atoms with van der Waals surface area (Å²) in [7, 11) is 1.91. The third kappa shape index (κ3) is 4.49. The highest BCUT2D eigenvalue weighted by molar-refractivity contribution is 5.94. The highest BCUT2D eigenvalue weighted by Gasteiger charge is 2.11. The fourth-order valence-corrected chi connectivity index (χ4v) is 1.97. The van der Waals surface area contributed by atoms with Crippen molar-refractivity contribution in [2.45, 2.75) is 45.7 Å². The van der Waals surface area contributed by atoms with Crippen LogP contribution in [0.25, 0.3) is 0 Å². The number of hydrogen-bond acceptors (Lipinski definition) is 2. The zero-order valence-corrected chi connectivity index (χ0v) is 11.6. The Labute approximate surface area is 110 Å². The van der Waals surface area contributed by atoms with Crippen LogP contribution in [0.1, 0.15) is 49.0 Å². The molecular formula is C15H24N2O. The van der Waals surface area contributed by atoms with Crippen LogP contribution >= 0.6 is 0 Å². The summed E-state index contributed by atoms with van der Waals surface area (Å²) in [4.78, 5) is 12.0. The maximum absolute atomic E-state index is 12.0. The Morgan fingerprint density at radius 3 is 2.39 bits per heavy atom. The highest BCUT2D eigenvalue weighted by Crippen LogP contribution is 2.07. The molecule has 3 nitrogen and oxygen atoms in total. The molecule has 2 N–H and O–H groups in total. The van der Waals surface area contributed by atoms with E-state index in [2.05, 4.69) is 24.5 Å². The maximum atomic E-state index is 12.0. The van der Waals surface area contributed by atoms with Crippen LogP contribution in [0.2, 0.25) is 0 Å². The van der Waals surface area contributed by atoms with Gasteiger partial charge in [-0.25, -0.2) is 0 Å². The number of benzene rings is 1. The summed E-state index contributed by atoms with van der Waals surface area (Å²) in [6, 6.07) is 8.05. The van der Waals surface area contributed by atoms with Crippen molar-refractivity contribution < 1.29 is 4.79 Å². The van der Waals surface area contributed by atoms with Crippen molar-refractivity contribution in [1.29, 1.82) is 0 Å². The van der Waals surface area contributed by atoms with E-state index in [4.69, 9.17) is 0 Å². The van der Waals surface area contributed by atoms with Crippen LogP contribution in [0.3, 0.4) is 0 Å². The summed E-state index contributed by atoms with van der Waals surface area (Å²) in [6.45, 7) is 5.08. The van der Waals surface area contributed by atoms with Crippen molar-refractivity contribution in [3.8, 4) is 0 Å². The molecule has 1 atom stereocenters. The third-order valence-corrected chi connectivity index (χ3v) is 3.06. The van der Waals surface area contributed by atoms with Crippen molar-refractivity contribution in [2.24, 2.45) is 0 Å². The summed E-state index contributed by atoms with van der Waals surface area (Å²) in [6.07, 6.45) is 3.12. The second-order valence-electron chi connectivity index (χ2n) is 4.59. The van der Waals surface area contributed by atoms with Gasteiger partial charge >= 0.3 is 0 Å². The van der Waals surface area contributed by atoms with Gasteiger partial charge in [0.15, 0.2) is 0 Å². The van der Waals surface area contributed by atoms with Gasteiger partial charge in [-0.1, -0.05) is 32.4 Å². The molecule has 1 aromatic rings. The van der Waals surface area contributed by atoms with E-state index in [1.807, 2.05) is 31.3 Å². The van der Waals surface area contributed by atoms with E-state index >= 15 is 0 Å². The Hall–Kier alpha value is -1.35. The predicted octanol–water partition coefficient (Wildman–Crippen LogP) is 2.71. The number of nitrogens with one attached hydrogen (secondary N) is 2. The number of amides is 1. The van der Waals surface area contributed by atoms with Crippen LogP contribution in [0.15, 0.2) is 24.3 Å². The Morgan fingerprint density at radius 1 is 1.22 bits per heavy atom. The molecule has 1 unspecified atom stereocenters. The smallest absolute Gasteiger partial charge is 0.251 e. The molecule has 100 valence electrons. The molecule has 0 aliphatic carbocycles. The van der Waals surface area contributed by atoms with Crippen molar-refractivity contribution >= 4 is 5.91 Å². The van der Waals surface area contributed by atoms with Crippen LogP contribution in [0, 0.1) is 0 Å². The summed E-state index contributed by atoms with van der Waals surface area (Å²) in [5.74, 6) is 0.0336. The van der Waals surface area contributed by atoms with E-state index in [1.165, 1.54) is 5.56 Å². The minimum atomic E-state index is 0.0336. The summed E-state index contributed by atoms with van der Waals surface area (Å²) in [5, 5.41) is 6.17. The number of rotatable bonds is 7. The van der Waals surface area contributed by atoms with Crippen molar-refractivity contribution in [1.82, 2.24) is 10.6 Å². The van der Waals surface area contributed by atoms with E-state index in [0.29, 0.717) is 6.04 Å². The van der Waals surface area contributed by atoms with Crippen LogP contribution in [0.5, 0.6) is 0 Å². The first kappa shape index (κ1) is 14.7. The molecule has 1 rings (SSSR count). The van der Waals surface area contributed by atoms with Gasteiger partial charge in [0.2, 0.25) is 0 Å². The van der Waals surface area contributed by atoms with Gasteiger partial charge in [0, 0.05) is 18.2 Å². The molecule has 0 aliphatic heterocycles. The van der Waals surface area contributed by atoms with Crippen molar-refractivity contribution in [3.05, 3.63) is 35.4 Å². The predicted molar refractivity (Wildman–Crippen MR) is 75.7 cm³/mol. The molecular weight excluding hydrogens is 224 g/mol. The first-order valence-electron chi connectivity index (χ1n) is 6.75. The molecule has 0 aromatic heterocycles. The largest absolute Gasteiger partial charge is 0.349 e. The van der Waals surface area contributed by atoms with Crippen molar-refractivity contribution in [3.63, 3.8) is 0 Å². The average molecular weight is 248 g/mol. The van der Waals surface area contributed by atoms with E-state index < -0.39 is 0 Å². The molecule has 0 saturated heterocycles. The molecule has 0 aliphatic rings. The SMILES string of the molecule is CCCC(CC)NC(=O)c1ccc(CNC)cc1. The number of hydrogen-bond donors (Lipinski definition) is 2. The molecule has 0 radical (unpaired) electrons. The molecule has 0 saturated carbocycles. The lowest BCUT2D eigenvalue weighted by Crippen LogP contribution is -2.34. The van der Waals surface area contributed by atoms with Crippen LogP contribution in [0.4, 0.5) is 0 Å². The van der Waals surface area contributed by atoms with Crippen LogP contribution in [-0.2, 0) is 6.54 Å². The van der Waals surface area contributed by atoms with Gasteiger partial charge in [-0.05, 0) is 37.6 Å². The van der Waals surface area contributed by atoms with Gasteiger partial charge in [0.1, 0.15) is 0 Å². The monoisotopic (exact) mass is 248 g/mol. The lowest BCUT2D eigenvalue weighted by Gasteiger charge is -2.16. The standard InChI is InChI=1S/C15H24N2O/c1-4-6-14(5-2)17-15(18)13-9-7-12(8-10-13)11-16-3/h7-10,14,16H,4-6,11H2,1-3H3,(H,17,18). The lowest BCUT2D eigenvalue weighted by atomic mass is 10.1. The molecule has 0 fully saturated rings. The first-order chi connectivity index (χ1) is 8.71. The number of carbonyl (C=O) groups excluding carboxylic acids is 1. The van der Waals surface area contributed by atoms with Crippen molar-refractivity contribution in [2.75, 3.05) is 7.05 Å². The molecule has 0 bridgehead atoms. The average Bonchev–Trinajstić information content (AvgIpc) is 2.39. The van der Waals surface area contributed by atoms with Gasteiger partial charge < -0.3 is 10.6 Å². The molecule has 1 amide bonds. The molecule has 1 aromatic carbocycles. The maximum Gasteiger partial charge on any atom is 0.251 e. The van der Waals surface area contributed by atoms with E-state index in [9.17, 15) is 4.79 Å². The highest BCUT2D eigenvalue weighted by atomic mass is 16.1.